The van der Waals surface area contributed by atoms with E-state index in [2.05, 4.69) is 6.07 Å². The summed E-state index contributed by atoms with van der Waals surface area (Å²) in [6, 6.07) is 12.5. The Balaban J connectivity index is 0. The monoisotopic (exact) mass is 160 g/mol. The molecule has 0 atom stereocenters. The zero-order valence-corrected chi connectivity index (χ0v) is 8.33. The molecule has 0 fully saturated rings. The van der Waals surface area contributed by atoms with Crippen molar-refractivity contribution in [3.05, 3.63) is 36.4 Å². The van der Waals surface area contributed by atoms with Crippen LogP contribution < -0.4 is 5.11 Å². The Bertz CT molecular complexity index is 102. The maximum Gasteiger partial charge on any atom is 2.00 e. The summed E-state index contributed by atoms with van der Waals surface area (Å²) in [5.41, 5.74) is 0. The quantitative estimate of drug-likeness (QED) is 0.442. The third-order valence-electron chi connectivity index (χ3n) is 0.811. The van der Waals surface area contributed by atoms with E-state index < -0.39 is 0 Å². The van der Waals surface area contributed by atoms with Gasteiger partial charge in [0.1, 0.15) is 0 Å². The number of hydrogen-bond donors (Lipinski definition) is 0. The van der Waals surface area contributed by atoms with Crippen LogP contribution in [0.3, 0.4) is 0 Å². The van der Waals surface area contributed by atoms with Crippen LogP contribution in [-0.4, -0.2) is 29.7 Å². The van der Waals surface area contributed by atoms with Crippen molar-refractivity contribution in [2.24, 2.45) is 0 Å². The van der Waals surface area contributed by atoms with E-state index in [-0.39, 0.29) is 29.7 Å². The van der Waals surface area contributed by atoms with E-state index in [0.717, 1.165) is 6.42 Å². The molecule has 0 radical (unpaired) electrons. The van der Waals surface area contributed by atoms with E-state index in [1.807, 2.05) is 37.3 Å². The fraction of sp³-hybridized carbons (Fsp3) is 0.333. The number of benzene rings is 1. The smallest absolute Gasteiger partial charge is 0.854 e. The number of hydrogen-bond acceptors (Lipinski definition) is 1. The molecule has 1 nitrogen and oxygen atoms in total. The summed E-state index contributed by atoms with van der Waals surface area (Å²) in [6.45, 7) is 1.94. The summed E-state index contributed by atoms with van der Waals surface area (Å²) in [6.07, 6.45) is 0.764. The van der Waals surface area contributed by atoms with Crippen molar-refractivity contribution in [1.82, 2.24) is 0 Å². The molecule has 0 aliphatic carbocycles. The fourth-order valence-electron chi connectivity index (χ4n) is 0.342. The molecule has 1 aromatic carbocycles. The number of rotatable bonds is 1. The van der Waals surface area contributed by atoms with Crippen molar-refractivity contribution in [3.63, 3.8) is 0 Å². The normalized spacial score (nSPS) is 7.09. The average Bonchev–Trinajstić information content (AvgIpc) is 2.08. The molecule has 0 spiro atoms. The molecular formula is C9H12MgO. The van der Waals surface area contributed by atoms with Crippen molar-refractivity contribution in [3.8, 4) is 0 Å². The van der Waals surface area contributed by atoms with Crippen molar-refractivity contribution in [2.75, 3.05) is 6.61 Å². The summed E-state index contributed by atoms with van der Waals surface area (Å²) in [4.78, 5) is 0. The van der Waals surface area contributed by atoms with Crippen molar-refractivity contribution in [1.29, 1.82) is 0 Å². The third kappa shape index (κ3) is 13.0. The van der Waals surface area contributed by atoms with E-state index in [9.17, 15) is 5.11 Å². The van der Waals surface area contributed by atoms with Crippen LogP contribution in [0.1, 0.15) is 13.3 Å². The van der Waals surface area contributed by atoms with Gasteiger partial charge < -0.3 is 5.11 Å². The zero-order chi connectivity index (χ0) is 7.66. The third-order valence-corrected chi connectivity index (χ3v) is 0.811. The minimum atomic E-state index is 0. The molecule has 0 unspecified atom stereocenters. The molecule has 1 aromatic rings. The Morgan fingerprint density at radius 2 is 1.64 bits per heavy atom. The molecule has 1 rings (SSSR count). The molecule has 56 valence electrons. The summed E-state index contributed by atoms with van der Waals surface area (Å²) in [5.74, 6) is 0. The van der Waals surface area contributed by atoms with Gasteiger partial charge in [0.25, 0.3) is 0 Å². The van der Waals surface area contributed by atoms with Gasteiger partial charge in [-0.2, -0.15) is 36.4 Å². The molecule has 11 heavy (non-hydrogen) atoms. The van der Waals surface area contributed by atoms with Crippen LogP contribution in [0.15, 0.2) is 30.3 Å². The van der Waals surface area contributed by atoms with Crippen LogP contribution in [0.5, 0.6) is 0 Å². The van der Waals surface area contributed by atoms with Gasteiger partial charge in [0.15, 0.2) is 0 Å². The Labute approximate surface area is 84.6 Å². The maximum absolute atomic E-state index is 9.30. The van der Waals surface area contributed by atoms with Crippen molar-refractivity contribution < 1.29 is 5.11 Å². The molecule has 2 heteroatoms. The second kappa shape index (κ2) is 12.6. The molecule has 0 aliphatic rings. The molecule has 0 aliphatic heterocycles. The van der Waals surface area contributed by atoms with Crippen LogP contribution in [0.25, 0.3) is 0 Å². The predicted octanol–water partition coefficient (Wildman–Crippen LogP) is 0.863. The van der Waals surface area contributed by atoms with Crippen LogP contribution in [0.2, 0.25) is 0 Å². The Morgan fingerprint density at radius 3 is 1.73 bits per heavy atom. The first-order chi connectivity index (χ1) is 4.91. The van der Waals surface area contributed by atoms with E-state index in [0.29, 0.717) is 0 Å². The standard InChI is InChI=1S/C6H5.C3H7O.Mg/c1-2-4-6-5-3-1;1-2-3-4;/h1-5H;2-3H2,1H3;/q2*-1;+2. The first-order valence-electron chi connectivity index (χ1n) is 3.41. The van der Waals surface area contributed by atoms with Crippen LogP contribution in [0.4, 0.5) is 0 Å². The van der Waals surface area contributed by atoms with Crippen LogP contribution in [0, 0.1) is 6.07 Å². The summed E-state index contributed by atoms with van der Waals surface area (Å²) in [5, 5.41) is 9.30. The molecule has 0 bridgehead atoms. The molecule has 0 amide bonds. The average molecular weight is 160 g/mol. The van der Waals surface area contributed by atoms with Gasteiger partial charge in [-0.25, -0.2) is 0 Å². The molecule has 0 saturated heterocycles. The zero-order valence-electron chi connectivity index (χ0n) is 6.92. The molecule has 0 aromatic heterocycles. The van der Waals surface area contributed by atoms with E-state index >= 15 is 0 Å². The first-order valence-corrected chi connectivity index (χ1v) is 3.41. The molecular weight excluding hydrogens is 148 g/mol. The van der Waals surface area contributed by atoms with Gasteiger partial charge in [-0.3, -0.25) is 0 Å². The van der Waals surface area contributed by atoms with E-state index in [4.69, 9.17) is 0 Å². The second-order valence-electron chi connectivity index (χ2n) is 1.78. The largest absolute Gasteiger partial charge is 2.00 e. The summed E-state index contributed by atoms with van der Waals surface area (Å²) < 4.78 is 0. The first kappa shape index (κ1) is 13.5. The van der Waals surface area contributed by atoms with E-state index in [1.54, 1.807) is 0 Å². The van der Waals surface area contributed by atoms with Gasteiger partial charge in [0, 0.05) is 0 Å². The second-order valence-corrected chi connectivity index (χ2v) is 1.78. The van der Waals surface area contributed by atoms with Gasteiger partial charge in [0.2, 0.25) is 0 Å². The minimum Gasteiger partial charge on any atom is -0.854 e. The fourth-order valence-corrected chi connectivity index (χ4v) is 0.342. The molecule has 0 saturated carbocycles. The van der Waals surface area contributed by atoms with Gasteiger partial charge >= 0.3 is 23.1 Å². The Morgan fingerprint density at radius 1 is 1.18 bits per heavy atom. The van der Waals surface area contributed by atoms with Gasteiger partial charge in [-0.15, -0.1) is 6.61 Å². The Kier molecular flexibility index (Phi) is 15.5. The minimum absolute atomic E-state index is 0. The SMILES string of the molecule is CCC[O-].[Mg+2].[c-]1ccccc1. The van der Waals surface area contributed by atoms with Gasteiger partial charge in [-0.1, -0.05) is 13.3 Å². The summed E-state index contributed by atoms with van der Waals surface area (Å²) in [7, 11) is 0. The summed E-state index contributed by atoms with van der Waals surface area (Å²) >= 11 is 0. The molecule has 0 N–H and O–H groups in total. The van der Waals surface area contributed by atoms with Crippen LogP contribution in [-0.2, 0) is 0 Å². The topological polar surface area (TPSA) is 23.1 Å². The van der Waals surface area contributed by atoms with Gasteiger partial charge in [0.05, 0.1) is 0 Å². The van der Waals surface area contributed by atoms with Crippen LogP contribution >= 0.6 is 0 Å². The van der Waals surface area contributed by atoms with E-state index in [1.165, 1.54) is 0 Å². The Hall–Kier alpha value is -0.0538. The maximum atomic E-state index is 9.30. The van der Waals surface area contributed by atoms with Gasteiger partial charge in [-0.05, 0) is 0 Å². The molecule has 0 heterocycles. The van der Waals surface area contributed by atoms with Crippen molar-refractivity contribution in [2.45, 2.75) is 13.3 Å². The predicted molar refractivity (Wildman–Crippen MR) is 46.2 cm³/mol. The van der Waals surface area contributed by atoms with Crippen molar-refractivity contribution >= 4 is 23.1 Å².